The number of hydrogen-bond acceptors (Lipinski definition) is 3. The van der Waals surface area contributed by atoms with E-state index in [0.717, 1.165) is 0 Å². The summed E-state index contributed by atoms with van der Waals surface area (Å²) in [5.74, 6) is 0.313. The molecule has 1 unspecified atom stereocenters. The maximum atomic E-state index is 11.4. The van der Waals surface area contributed by atoms with Crippen molar-refractivity contribution in [3.63, 3.8) is 0 Å². The molecule has 0 aromatic heterocycles. The Bertz CT molecular complexity index is 441. The predicted molar refractivity (Wildman–Crippen MR) is 53.6 cm³/mol. The van der Waals surface area contributed by atoms with Crippen molar-refractivity contribution in [1.29, 1.82) is 5.26 Å². The first-order valence-corrected chi connectivity index (χ1v) is 4.73. The largest absolute Gasteiger partial charge is 0.416 e. The zero-order valence-corrected chi connectivity index (χ0v) is 8.44. The summed E-state index contributed by atoms with van der Waals surface area (Å²) < 4.78 is 5.01. The highest BCUT2D eigenvalue weighted by Gasteiger charge is 2.40. The predicted octanol–water partition coefficient (Wildman–Crippen LogP) is 2.05. The molecule has 1 aliphatic heterocycles. The van der Waals surface area contributed by atoms with Gasteiger partial charge in [-0.3, -0.25) is 4.90 Å². The van der Waals surface area contributed by atoms with Crippen molar-refractivity contribution in [1.82, 2.24) is 4.90 Å². The normalized spacial score (nSPS) is 18.1. The van der Waals surface area contributed by atoms with Crippen LogP contribution in [0.5, 0.6) is 5.75 Å². The number of para-hydroxylation sites is 1. The first kappa shape index (κ1) is 9.81. The van der Waals surface area contributed by atoms with E-state index in [1.54, 1.807) is 24.3 Å². The number of carbonyl (C=O) groups excluding carboxylic acids is 1. The first-order valence-electron chi connectivity index (χ1n) is 4.35. The third-order valence-corrected chi connectivity index (χ3v) is 2.34. The van der Waals surface area contributed by atoms with Gasteiger partial charge in [0, 0.05) is 0 Å². The van der Waals surface area contributed by atoms with E-state index in [9.17, 15) is 4.79 Å². The van der Waals surface area contributed by atoms with Gasteiger partial charge in [-0.25, -0.2) is 4.79 Å². The summed E-state index contributed by atoms with van der Waals surface area (Å²) in [4.78, 5) is 12.7. The minimum absolute atomic E-state index is 0.313. The van der Waals surface area contributed by atoms with Gasteiger partial charge in [-0.2, -0.15) is 5.26 Å². The zero-order valence-electron chi connectivity index (χ0n) is 7.68. The molecule has 1 amide bonds. The van der Waals surface area contributed by atoms with E-state index in [0.29, 0.717) is 17.3 Å². The molecule has 1 atom stereocenters. The summed E-state index contributed by atoms with van der Waals surface area (Å²) >= 11 is 5.80. The second-order valence-corrected chi connectivity index (χ2v) is 3.50. The third kappa shape index (κ3) is 2.03. The third-order valence-electron chi connectivity index (χ3n) is 2.03. The van der Waals surface area contributed by atoms with Crippen molar-refractivity contribution >= 4 is 17.7 Å². The lowest BCUT2D eigenvalue weighted by Crippen LogP contribution is -2.17. The fourth-order valence-electron chi connectivity index (χ4n) is 1.13. The van der Waals surface area contributed by atoms with Gasteiger partial charge in [-0.15, -0.1) is 0 Å². The first-order chi connectivity index (χ1) is 7.22. The standard InChI is InChI=1S/C10H7ClN2O2/c11-8-3-1-2-4-9(8)15-10(14)13-6-7(13)5-12/h1-4,7H,6H2. The van der Waals surface area contributed by atoms with Crippen LogP contribution in [-0.4, -0.2) is 23.6 Å². The van der Waals surface area contributed by atoms with E-state index in [1.165, 1.54) is 4.90 Å². The number of benzene rings is 1. The summed E-state index contributed by atoms with van der Waals surface area (Å²) in [6.07, 6.45) is -0.533. The Morgan fingerprint density at radius 3 is 2.93 bits per heavy atom. The molecule has 0 bridgehead atoms. The Kier molecular flexibility index (Phi) is 2.48. The Labute approximate surface area is 91.6 Å². The van der Waals surface area contributed by atoms with Gasteiger partial charge >= 0.3 is 6.09 Å². The summed E-state index contributed by atoms with van der Waals surface area (Å²) in [7, 11) is 0. The van der Waals surface area contributed by atoms with Crippen LogP contribution in [0.15, 0.2) is 24.3 Å². The van der Waals surface area contributed by atoms with Crippen LogP contribution in [0.25, 0.3) is 0 Å². The lowest BCUT2D eigenvalue weighted by molar-refractivity contribution is 0.184. The molecule has 0 N–H and O–H groups in total. The Hall–Kier alpha value is -1.73. The van der Waals surface area contributed by atoms with E-state index < -0.39 is 6.09 Å². The van der Waals surface area contributed by atoms with Crippen molar-refractivity contribution in [2.24, 2.45) is 0 Å². The van der Waals surface area contributed by atoms with Gasteiger partial charge in [-0.05, 0) is 12.1 Å². The SMILES string of the molecule is N#CC1CN1C(=O)Oc1ccccc1Cl. The lowest BCUT2D eigenvalue weighted by Gasteiger charge is -2.05. The molecule has 5 heteroatoms. The number of rotatable bonds is 1. The van der Waals surface area contributed by atoms with Crippen LogP contribution in [0, 0.1) is 11.3 Å². The highest BCUT2D eigenvalue weighted by Crippen LogP contribution is 2.26. The van der Waals surface area contributed by atoms with E-state index in [1.807, 2.05) is 6.07 Å². The van der Waals surface area contributed by atoms with Crippen molar-refractivity contribution < 1.29 is 9.53 Å². The minimum atomic E-state index is -0.533. The van der Waals surface area contributed by atoms with Crippen LogP contribution in [0.2, 0.25) is 5.02 Å². The van der Waals surface area contributed by atoms with Crippen molar-refractivity contribution in [2.75, 3.05) is 6.54 Å². The number of hydrogen-bond donors (Lipinski definition) is 0. The number of nitriles is 1. The van der Waals surface area contributed by atoms with Gasteiger partial charge in [-0.1, -0.05) is 23.7 Å². The Balaban J connectivity index is 2.02. The van der Waals surface area contributed by atoms with Gasteiger partial charge in [0.2, 0.25) is 0 Å². The Morgan fingerprint density at radius 2 is 2.33 bits per heavy atom. The average molecular weight is 223 g/mol. The second-order valence-electron chi connectivity index (χ2n) is 3.10. The summed E-state index contributed by atoms with van der Waals surface area (Å²) in [5.41, 5.74) is 0. The van der Waals surface area contributed by atoms with Gasteiger partial charge in [0.05, 0.1) is 17.6 Å². The molecule has 4 nitrogen and oxygen atoms in total. The molecule has 1 aliphatic rings. The van der Waals surface area contributed by atoms with Crippen LogP contribution in [0.3, 0.4) is 0 Å². The van der Waals surface area contributed by atoms with Crippen LogP contribution >= 0.6 is 11.6 Å². The van der Waals surface area contributed by atoms with Crippen LogP contribution in [0.1, 0.15) is 0 Å². The number of amides is 1. The molecule has 0 spiro atoms. The van der Waals surface area contributed by atoms with Gasteiger partial charge < -0.3 is 4.74 Å². The average Bonchev–Trinajstić information content (AvgIpc) is 3.00. The molecule has 15 heavy (non-hydrogen) atoms. The van der Waals surface area contributed by atoms with Crippen LogP contribution in [-0.2, 0) is 0 Å². The van der Waals surface area contributed by atoms with E-state index >= 15 is 0 Å². The number of nitrogens with zero attached hydrogens (tertiary/aromatic N) is 2. The van der Waals surface area contributed by atoms with Crippen molar-refractivity contribution in [2.45, 2.75) is 6.04 Å². The molecular weight excluding hydrogens is 216 g/mol. The highest BCUT2D eigenvalue weighted by molar-refractivity contribution is 6.32. The molecule has 1 aromatic carbocycles. The maximum absolute atomic E-state index is 11.4. The molecule has 76 valence electrons. The Morgan fingerprint density at radius 1 is 1.60 bits per heavy atom. The lowest BCUT2D eigenvalue weighted by atomic mass is 10.3. The molecular formula is C10H7ClN2O2. The molecule has 1 fully saturated rings. The maximum Gasteiger partial charge on any atom is 0.416 e. The monoisotopic (exact) mass is 222 g/mol. The molecule has 1 aromatic rings. The van der Waals surface area contributed by atoms with E-state index in [2.05, 4.69) is 0 Å². The molecule has 1 saturated heterocycles. The summed E-state index contributed by atoms with van der Waals surface area (Å²) in [6, 6.07) is 8.32. The topological polar surface area (TPSA) is 53.1 Å². The van der Waals surface area contributed by atoms with Gasteiger partial charge in [0.15, 0.2) is 5.75 Å². The fraction of sp³-hybridized carbons (Fsp3) is 0.200. The van der Waals surface area contributed by atoms with Crippen LogP contribution < -0.4 is 4.74 Å². The molecule has 0 saturated carbocycles. The smallest absolute Gasteiger partial charge is 0.409 e. The van der Waals surface area contributed by atoms with Gasteiger partial charge in [0.25, 0.3) is 0 Å². The summed E-state index contributed by atoms with van der Waals surface area (Å²) in [5, 5.41) is 8.90. The summed E-state index contributed by atoms with van der Waals surface area (Å²) in [6.45, 7) is 0.430. The molecule has 2 rings (SSSR count). The molecule has 0 aliphatic carbocycles. The van der Waals surface area contributed by atoms with E-state index in [-0.39, 0.29) is 6.04 Å². The van der Waals surface area contributed by atoms with Gasteiger partial charge in [0.1, 0.15) is 6.04 Å². The second kappa shape index (κ2) is 3.79. The van der Waals surface area contributed by atoms with Crippen molar-refractivity contribution in [3.8, 4) is 11.8 Å². The number of ether oxygens (including phenoxy) is 1. The number of halogens is 1. The van der Waals surface area contributed by atoms with E-state index in [4.69, 9.17) is 21.6 Å². The quantitative estimate of drug-likeness (QED) is 0.684. The van der Waals surface area contributed by atoms with Crippen molar-refractivity contribution in [3.05, 3.63) is 29.3 Å². The number of carbonyl (C=O) groups is 1. The highest BCUT2D eigenvalue weighted by atomic mass is 35.5. The molecule has 1 heterocycles. The fourth-order valence-corrected chi connectivity index (χ4v) is 1.31. The zero-order chi connectivity index (χ0) is 10.8. The van der Waals surface area contributed by atoms with Crippen LogP contribution in [0.4, 0.5) is 4.79 Å². The minimum Gasteiger partial charge on any atom is -0.409 e. The molecule has 0 radical (unpaired) electrons.